The molecule has 1 aromatic rings. The molecule has 0 bridgehead atoms. The number of ether oxygens (including phenoxy) is 1. The Labute approximate surface area is 142 Å². The molecule has 4 nitrogen and oxygen atoms in total. The molecule has 0 radical (unpaired) electrons. The fourth-order valence-corrected chi connectivity index (χ4v) is 3.95. The lowest BCUT2D eigenvalue weighted by molar-refractivity contribution is -0.141. The van der Waals surface area contributed by atoms with Gasteiger partial charge < -0.3 is 14.7 Å². The van der Waals surface area contributed by atoms with Crippen molar-refractivity contribution >= 4 is 5.91 Å². The zero-order chi connectivity index (χ0) is 17.3. The molecular formula is C19H26FNO3. The number of rotatable bonds is 3. The predicted molar refractivity (Wildman–Crippen MR) is 89.1 cm³/mol. The van der Waals surface area contributed by atoms with Crippen molar-refractivity contribution in [1.29, 1.82) is 0 Å². The molecule has 2 aliphatic heterocycles. The molecule has 0 saturated carbocycles. The number of aliphatic hydroxyl groups is 1. The van der Waals surface area contributed by atoms with Gasteiger partial charge in [-0.25, -0.2) is 4.39 Å². The number of carbonyl (C=O) groups excluding carboxylic acids is 1. The van der Waals surface area contributed by atoms with Gasteiger partial charge in [0.05, 0.1) is 18.1 Å². The van der Waals surface area contributed by atoms with Crippen LogP contribution < -0.4 is 0 Å². The fourth-order valence-electron chi connectivity index (χ4n) is 3.95. The molecule has 2 fully saturated rings. The number of hydrogen-bond donors (Lipinski definition) is 1. The first kappa shape index (κ1) is 17.4. The number of aliphatic hydroxyl groups excluding tert-OH is 1. The summed E-state index contributed by atoms with van der Waals surface area (Å²) in [4.78, 5) is 15.1. The smallest absolute Gasteiger partial charge is 0.232 e. The molecule has 1 amide bonds. The van der Waals surface area contributed by atoms with Crippen molar-refractivity contribution in [3.8, 4) is 0 Å². The molecule has 5 heteroatoms. The highest BCUT2D eigenvalue weighted by atomic mass is 19.1. The van der Waals surface area contributed by atoms with E-state index >= 15 is 0 Å². The van der Waals surface area contributed by atoms with Gasteiger partial charge >= 0.3 is 0 Å². The molecular weight excluding hydrogens is 309 g/mol. The van der Waals surface area contributed by atoms with Crippen molar-refractivity contribution in [1.82, 2.24) is 4.90 Å². The van der Waals surface area contributed by atoms with E-state index in [0.717, 1.165) is 18.4 Å². The first-order valence-corrected chi connectivity index (χ1v) is 8.74. The van der Waals surface area contributed by atoms with Crippen molar-refractivity contribution in [3.63, 3.8) is 0 Å². The minimum absolute atomic E-state index is 0.0192. The van der Waals surface area contributed by atoms with Crippen LogP contribution in [0.3, 0.4) is 0 Å². The standard InChI is InChI=1S/C19H26FNO3/c1-19(2,13-5-7-14(20)8-6-13)18(23)21-10-3-4-16(21)15-12-24-11-9-17(15)22/h5-8,15-17,22H,3-4,9-12H2,1-2H3/t15-,16+,17+/m0/s1. The molecule has 1 aromatic carbocycles. The van der Waals surface area contributed by atoms with Crippen LogP contribution in [0.2, 0.25) is 0 Å². The second-order valence-electron chi connectivity index (χ2n) is 7.43. The van der Waals surface area contributed by atoms with E-state index in [2.05, 4.69) is 0 Å². The van der Waals surface area contributed by atoms with Gasteiger partial charge in [-0.1, -0.05) is 12.1 Å². The molecule has 1 N–H and O–H groups in total. The van der Waals surface area contributed by atoms with Crippen LogP contribution in [0.5, 0.6) is 0 Å². The molecule has 0 aromatic heterocycles. The molecule has 0 unspecified atom stereocenters. The summed E-state index contributed by atoms with van der Waals surface area (Å²) in [7, 11) is 0. The lowest BCUT2D eigenvalue weighted by atomic mass is 9.82. The van der Waals surface area contributed by atoms with Gasteiger partial charge in [-0.3, -0.25) is 4.79 Å². The van der Waals surface area contributed by atoms with Gasteiger partial charge in [-0.2, -0.15) is 0 Å². The first-order valence-electron chi connectivity index (χ1n) is 8.74. The van der Waals surface area contributed by atoms with Crippen LogP contribution in [0, 0.1) is 11.7 Å². The molecule has 2 saturated heterocycles. The SMILES string of the molecule is CC(C)(C(=O)N1CCC[C@@H]1[C@@H]1COCC[C@H]1O)c1ccc(F)cc1. The summed E-state index contributed by atoms with van der Waals surface area (Å²) < 4.78 is 18.7. The number of nitrogens with zero attached hydrogens (tertiary/aromatic N) is 1. The average Bonchev–Trinajstić information content (AvgIpc) is 3.04. The van der Waals surface area contributed by atoms with E-state index in [1.165, 1.54) is 12.1 Å². The summed E-state index contributed by atoms with van der Waals surface area (Å²) >= 11 is 0. The van der Waals surface area contributed by atoms with Gasteiger partial charge in [0, 0.05) is 25.1 Å². The monoisotopic (exact) mass is 335 g/mol. The van der Waals surface area contributed by atoms with Crippen molar-refractivity contribution < 1.29 is 19.0 Å². The Bertz CT molecular complexity index is 587. The van der Waals surface area contributed by atoms with Crippen LogP contribution >= 0.6 is 0 Å². The fraction of sp³-hybridized carbons (Fsp3) is 0.632. The molecule has 3 rings (SSSR count). The molecule has 2 aliphatic rings. The summed E-state index contributed by atoms with van der Waals surface area (Å²) in [5.74, 6) is -0.285. The highest BCUT2D eigenvalue weighted by Gasteiger charge is 2.43. The van der Waals surface area contributed by atoms with Gasteiger partial charge in [0.15, 0.2) is 0 Å². The van der Waals surface area contributed by atoms with E-state index < -0.39 is 11.5 Å². The molecule has 2 heterocycles. The van der Waals surface area contributed by atoms with Crippen LogP contribution in [0.15, 0.2) is 24.3 Å². The highest BCUT2D eigenvalue weighted by Crippen LogP contribution is 2.34. The van der Waals surface area contributed by atoms with Crippen LogP contribution in [0.4, 0.5) is 4.39 Å². The summed E-state index contributed by atoms with van der Waals surface area (Å²) in [6, 6.07) is 6.16. The van der Waals surface area contributed by atoms with Crippen LogP contribution in [-0.2, 0) is 14.9 Å². The minimum Gasteiger partial charge on any atom is -0.393 e. The maximum Gasteiger partial charge on any atom is 0.232 e. The normalized spacial score (nSPS) is 28.2. The number of hydrogen-bond acceptors (Lipinski definition) is 3. The van der Waals surface area contributed by atoms with Crippen LogP contribution in [-0.4, -0.2) is 47.8 Å². The summed E-state index contributed by atoms with van der Waals surface area (Å²) in [5, 5.41) is 10.3. The summed E-state index contributed by atoms with van der Waals surface area (Å²) in [6.45, 7) is 5.56. The van der Waals surface area contributed by atoms with Crippen molar-refractivity contribution in [3.05, 3.63) is 35.6 Å². The molecule has 24 heavy (non-hydrogen) atoms. The van der Waals surface area contributed by atoms with Crippen molar-refractivity contribution in [2.24, 2.45) is 5.92 Å². The second-order valence-corrected chi connectivity index (χ2v) is 7.43. The zero-order valence-electron chi connectivity index (χ0n) is 14.4. The topological polar surface area (TPSA) is 49.8 Å². The number of likely N-dealkylation sites (tertiary alicyclic amines) is 1. The maximum absolute atomic E-state index is 13.2. The van der Waals surface area contributed by atoms with E-state index in [9.17, 15) is 14.3 Å². The van der Waals surface area contributed by atoms with E-state index in [4.69, 9.17) is 4.74 Å². The number of halogens is 1. The maximum atomic E-state index is 13.2. The first-order chi connectivity index (χ1) is 11.4. The quantitative estimate of drug-likeness (QED) is 0.923. The Morgan fingerprint density at radius 3 is 2.67 bits per heavy atom. The predicted octanol–water partition coefficient (Wildman–Crippen LogP) is 2.49. The highest BCUT2D eigenvalue weighted by molar-refractivity contribution is 5.88. The second kappa shape index (κ2) is 6.81. The van der Waals surface area contributed by atoms with Gasteiger partial charge in [0.2, 0.25) is 5.91 Å². The largest absolute Gasteiger partial charge is 0.393 e. The van der Waals surface area contributed by atoms with Crippen LogP contribution in [0.1, 0.15) is 38.7 Å². The molecule has 0 aliphatic carbocycles. The Balaban J connectivity index is 1.80. The third-order valence-corrected chi connectivity index (χ3v) is 5.52. The van der Waals surface area contributed by atoms with Gasteiger partial charge in [0.25, 0.3) is 0 Å². The van der Waals surface area contributed by atoms with Gasteiger partial charge in [0.1, 0.15) is 5.82 Å². The average molecular weight is 335 g/mol. The lowest BCUT2D eigenvalue weighted by Crippen LogP contribution is -2.52. The number of carbonyl (C=O) groups is 1. The van der Waals surface area contributed by atoms with Gasteiger partial charge in [-0.15, -0.1) is 0 Å². The Morgan fingerprint density at radius 1 is 1.29 bits per heavy atom. The van der Waals surface area contributed by atoms with E-state index in [1.807, 2.05) is 18.7 Å². The number of amides is 1. The third-order valence-electron chi connectivity index (χ3n) is 5.52. The van der Waals surface area contributed by atoms with Gasteiger partial charge in [-0.05, 0) is 50.8 Å². The van der Waals surface area contributed by atoms with Crippen LogP contribution in [0.25, 0.3) is 0 Å². The summed E-state index contributed by atoms with van der Waals surface area (Å²) in [6.07, 6.45) is 2.06. The minimum atomic E-state index is -0.725. The van der Waals surface area contributed by atoms with E-state index in [1.54, 1.807) is 12.1 Å². The van der Waals surface area contributed by atoms with E-state index in [-0.39, 0.29) is 23.7 Å². The molecule has 132 valence electrons. The summed E-state index contributed by atoms with van der Waals surface area (Å²) in [5.41, 5.74) is 0.0801. The Morgan fingerprint density at radius 2 is 2.00 bits per heavy atom. The molecule has 3 atom stereocenters. The Kier molecular flexibility index (Phi) is 4.92. The van der Waals surface area contributed by atoms with Crippen molar-refractivity contribution in [2.75, 3.05) is 19.8 Å². The third kappa shape index (κ3) is 3.20. The van der Waals surface area contributed by atoms with E-state index in [0.29, 0.717) is 26.2 Å². The zero-order valence-corrected chi connectivity index (χ0v) is 14.4. The van der Waals surface area contributed by atoms with Crippen molar-refractivity contribution in [2.45, 2.75) is 50.7 Å². The number of benzene rings is 1. The molecule has 0 spiro atoms. The lowest BCUT2D eigenvalue weighted by Gasteiger charge is -2.40. The Hall–Kier alpha value is -1.46.